The third kappa shape index (κ3) is 17.6. The number of Topliss-reactive ketones (excluding diaryl/α,β-unsaturated/α-hetero) is 1. The average molecular weight is 376 g/mol. The van der Waals surface area contributed by atoms with Crippen molar-refractivity contribution in [2.75, 3.05) is 59.3 Å². The van der Waals surface area contributed by atoms with Crippen molar-refractivity contribution in [3.63, 3.8) is 0 Å². The first-order valence-electron chi connectivity index (χ1n) is 9.32. The fourth-order valence-corrected chi connectivity index (χ4v) is 1.76. The van der Waals surface area contributed by atoms with Gasteiger partial charge in [-0.15, -0.1) is 0 Å². The number of urea groups is 1. The molecule has 0 bridgehead atoms. The number of nitrogens with one attached hydrogen (secondary N) is 2. The standard InChI is InChI=1S/C18H36N2O6/c1-15(2)17(21)5-8-23-11-12-24-9-6-19-18(22)20-7-10-25-13-14-26-16(3)4/h15-16H,5-14H2,1-4H3,(H2,19,20,22). The number of rotatable bonds is 17. The largest absolute Gasteiger partial charge is 0.379 e. The van der Waals surface area contributed by atoms with Gasteiger partial charge >= 0.3 is 6.03 Å². The Hall–Kier alpha value is -1.22. The number of carbonyl (C=O) groups excluding carboxylic acids is 2. The van der Waals surface area contributed by atoms with Crippen molar-refractivity contribution in [2.24, 2.45) is 5.92 Å². The Kier molecular flexibility index (Phi) is 16.4. The Morgan fingerprint density at radius 2 is 1.23 bits per heavy atom. The van der Waals surface area contributed by atoms with E-state index in [1.54, 1.807) is 0 Å². The van der Waals surface area contributed by atoms with Crippen LogP contribution in [-0.4, -0.2) is 77.3 Å². The highest BCUT2D eigenvalue weighted by Gasteiger charge is 2.06. The molecule has 0 atom stereocenters. The first kappa shape index (κ1) is 24.8. The van der Waals surface area contributed by atoms with Crippen LogP contribution in [0.3, 0.4) is 0 Å². The van der Waals surface area contributed by atoms with Gasteiger partial charge in [0.2, 0.25) is 0 Å². The van der Waals surface area contributed by atoms with Crippen LogP contribution in [0.1, 0.15) is 34.1 Å². The molecule has 0 aliphatic carbocycles. The van der Waals surface area contributed by atoms with Crippen molar-refractivity contribution in [3.8, 4) is 0 Å². The SMILES string of the molecule is CC(C)OCCOCCNC(=O)NCCOCCOCCC(=O)C(C)C. The molecule has 0 spiro atoms. The molecule has 0 heterocycles. The first-order chi connectivity index (χ1) is 12.4. The fraction of sp³-hybridized carbons (Fsp3) is 0.889. The quantitative estimate of drug-likeness (QED) is 0.372. The van der Waals surface area contributed by atoms with E-state index in [1.165, 1.54) is 0 Å². The monoisotopic (exact) mass is 376 g/mol. The zero-order chi connectivity index (χ0) is 19.6. The van der Waals surface area contributed by atoms with E-state index in [1.807, 2.05) is 27.7 Å². The minimum Gasteiger partial charge on any atom is -0.379 e. The molecule has 0 fully saturated rings. The maximum absolute atomic E-state index is 11.5. The molecule has 0 unspecified atom stereocenters. The molecule has 0 radical (unpaired) electrons. The number of ether oxygens (including phenoxy) is 4. The summed E-state index contributed by atoms with van der Waals surface area (Å²) >= 11 is 0. The van der Waals surface area contributed by atoms with Gasteiger partial charge in [0.25, 0.3) is 0 Å². The highest BCUT2D eigenvalue weighted by Crippen LogP contribution is 1.98. The highest BCUT2D eigenvalue weighted by molar-refractivity contribution is 5.80. The molecule has 8 nitrogen and oxygen atoms in total. The lowest BCUT2D eigenvalue weighted by molar-refractivity contribution is -0.123. The summed E-state index contributed by atoms with van der Waals surface area (Å²) in [7, 11) is 0. The molecule has 2 N–H and O–H groups in total. The van der Waals surface area contributed by atoms with Gasteiger partial charge in [0.05, 0.1) is 52.4 Å². The van der Waals surface area contributed by atoms with Crippen molar-refractivity contribution in [2.45, 2.75) is 40.2 Å². The van der Waals surface area contributed by atoms with Gasteiger partial charge in [-0.3, -0.25) is 4.79 Å². The third-order valence-electron chi connectivity index (χ3n) is 3.25. The molecule has 0 aliphatic rings. The van der Waals surface area contributed by atoms with Crippen LogP contribution in [-0.2, 0) is 23.7 Å². The molecule has 0 aliphatic heterocycles. The number of hydrogen-bond donors (Lipinski definition) is 2. The van der Waals surface area contributed by atoms with Crippen molar-refractivity contribution in [1.82, 2.24) is 10.6 Å². The number of amides is 2. The number of hydrogen-bond acceptors (Lipinski definition) is 6. The second-order valence-corrected chi connectivity index (χ2v) is 6.31. The van der Waals surface area contributed by atoms with Crippen LogP contribution in [0.25, 0.3) is 0 Å². The van der Waals surface area contributed by atoms with Crippen molar-refractivity contribution in [3.05, 3.63) is 0 Å². The molecule has 0 aromatic heterocycles. The molecule has 0 aromatic carbocycles. The Balaban J connectivity index is 3.25. The van der Waals surface area contributed by atoms with E-state index >= 15 is 0 Å². The minimum absolute atomic E-state index is 0.0533. The van der Waals surface area contributed by atoms with Gasteiger partial charge in [0, 0.05) is 25.4 Å². The predicted molar refractivity (Wildman–Crippen MR) is 99.4 cm³/mol. The molecular weight excluding hydrogens is 340 g/mol. The molecular formula is C18H36N2O6. The van der Waals surface area contributed by atoms with Crippen LogP contribution in [0, 0.1) is 5.92 Å². The summed E-state index contributed by atoms with van der Waals surface area (Å²) in [6.45, 7) is 11.8. The predicted octanol–water partition coefficient (Wildman–Crippen LogP) is 1.38. The Morgan fingerprint density at radius 1 is 0.731 bits per heavy atom. The molecule has 0 saturated carbocycles. The van der Waals surface area contributed by atoms with Gasteiger partial charge in [-0.2, -0.15) is 0 Å². The second kappa shape index (κ2) is 17.2. The molecule has 0 aromatic rings. The molecule has 2 amide bonds. The first-order valence-corrected chi connectivity index (χ1v) is 9.32. The third-order valence-corrected chi connectivity index (χ3v) is 3.25. The number of carbonyl (C=O) groups is 2. The second-order valence-electron chi connectivity index (χ2n) is 6.31. The summed E-state index contributed by atoms with van der Waals surface area (Å²) in [5.41, 5.74) is 0. The Bertz CT molecular complexity index is 364. The van der Waals surface area contributed by atoms with E-state index in [-0.39, 0.29) is 23.8 Å². The molecule has 8 heteroatoms. The molecule has 154 valence electrons. The lowest BCUT2D eigenvalue weighted by Gasteiger charge is -2.10. The van der Waals surface area contributed by atoms with E-state index in [9.17, 15) is 9.59 Å². The van der Waals surface area contributed by atoms with E-state index in [2.05, 4.69) is 10.6 Å². The lowest BCUT2D eigenvalue weighted by atomic mass is 10.1. The van der Waals surface area contributed by atoms with E-state index in [0.29, 0.717) is 65.8 Å². The maximum atomic E-state index is 11.5. The van der Waals surface area contributed by atoms with Gasteiger partial charge in [-0.05, 0) is 13.8 Å². The number of ketones is 1. The smallest absolute Gasteiger partial charge is 0.314 e. The Morgan fingerprint density at radius 3 is 1.73 bits per heavy atom. The normalized spacial score (nSPS) is 11.2. The van der Waals surface area contributed by atoms with Crippen LogP contribution >= 0.6 is 0 Å². The Labute approximate surface area is 157 Å². The fourth-order valence-electron chi connectivity index (χ4n) is 1.76. The summed E-state index contributed by atoms with van der Waals surface area (Å²) in [5.74, 6) is 0.257. The van der Waals surface area contributed by atoms with Crippen LogP contribution in [0.5, 0.6) is 0 Å². The molecule has 0 rings (SSSR count). The zero-order valence-electron chi connectivity index (χ0n) is 16.7. The molecule has 26 heavy (non-hydrogen) atoms. The lowest BCUT2D eigenvalue weighted by Crippen LogP contribution is -2.39. The minimum atomic E-state index is -0.251. The summed E-state index contributed by atoms with van der Waals surface area (Å²) in [5, 5.41) is 5.38. The van der Waals surface area contributed by atoms with Crippen LogP contribution < -0.4 is 10.6 Å². The van der Waals surface area contributed by atoms with Gasteiger partial charge < -0.3 is 29.6 Å². The van der Waals surface area contributed by atoms with E-state index in [0.717, 1.165) is 0 Å². The van der Waals surface area contributed by atoms with Crippen LogP contribution in [0.15, 0.2) is 0 Å². The van der Waals surface area contributed by atoms with Crippen molar-refractivity contribution < 1.29 is 28.5 Å². The topological polar surface area (TPSA) is 95.1 Å². The maximum Gasteiger partial charge on any atom is 0.314 e. The summed E-state index contributed by atoms with van der Waals surface area (Å²) in [4.78, 5) is 22.9. The van der Waals surface area contributed by atoms with Crippen molar-refractivity contribution in [1.29, 1.82) is 0 Å². The van der Waals surface area contributed by atoms with Crippen LogP contribution in [0.4, 0.5) is 4.79 Å². The average Bonchev–Trinajstić information content (AvgIpc) is 2.58. The van der Waals surface area contributed by atoms with Gasteiger partial charge in [0.15, 0.2) is 0 Å². The van der Waals surface area contributed by atoms with E-state index in [4.69, 9.17) is 18.9 Å². The molecule has 0 saturated heterocycles. The van der Waals surface area contributed by atoms with Gasteiger partial charge in [-0.1, -0.05) is 13.8 Å². The van der Waals surface area contributed by atoms with Gasteiger partial charge in [0.1, 0.15) is 5.78 Å². The summed E-state index contributed by atoms with van der Waals surface area (Å²) < 4.78 is 21.3. The highest BCUT2D eigenvalue weighted by atomic mass is 16.5. The van der Waals surface area contributed by atoms with Gasteiger partial charge in [-0.25, -0.2) is 4.79 Å². The zero-order valence-corrected chi connectivity index (χ0v) is 16.7. The summed E-state index contributed by atoms with van der Waals surface area (Å²) in [6, 6.07) is -0.251. The van der Waals surface area contributed by atoms with Crippen LogP contribution in [0.2, 0.25) is 0 Å². The summed E-state index contributed by atoms with van der Waals surface area (Å²) in [6.07, 6.45) is 0.638. The van der Waals surface area contributed by atoms with Crippen molar-refractivity contribution >= 4 is 11.8 Å². The van der Waals surface area contributed by atoms with E-state index < -0.39 is 0 Å².